The zero-order valence-electron chi connectivity index (χ0n) is 19.6. The lowest BCUT2D eigenvalue weighted by Gasteiger charge is -2.27. The molecule has 1 heterocycles. The molecule has 4 rings (SSSR count). The van der Waals surface area contributed by atoms with Crippen LogP contribution in [0.3, 0.4) is 0 Å². The summed E-state index contributed by atoms with van der Waals surface area (Å²) in [6.45, 7) is 3.09. The molecular weight excluding hydrogens is 470 g/mol. The molecule has 35 heavy (non-hydrogen) atoms. The minimum absolute atomic E-state index is 0.0430. The van der Waals surface area contributed by atoms with Crippen molar-refractivity contribution < 1.29 is 23.5 Å². The van der Waals surface area contributed by atoms with Crippen LogP contribution in [-0.2, 0) is 16.8 Å². The number of ketones is 1. The first-order valence-electron chi connectivity index (χ1n) is 11.5. The third-order valence-electron chi connectivity index (χ3n) is 6.28. The van der Waals surface area contributed by atoms with E-state index in [9.17, 15) is 23.5 Å². The Morgan fingerprint density at radius 1 is 1.06 bits per heavy atom. The summed E-state index contributed by atoms with van der Waals surface area (Å²) >= 11 is 1.46. The highest BCUT2D eigenvalue weighted by molar-refractivity contribution is 7.17. The maximum atomic E-state index is 13.6. The highest BCUT2D eigenvalue weighted by atomic mass is 32.1. The van der Waals surface area contributed by atoms with Crippen LogP contribution < -0.4 is 10.6 Å². The fraction of sp³-hybridized carbons (Fsp3) is 0.333. The number of Topliss-reactive ketones (excluding diaryl/α,β-unsaturated/α-hetero) is 1. The monoisotopic (exact) mass is 498 g/mol. The number of rotatable bonds is 10. The molecule has 1 saturated carbocycles. The van der Waals surface area contributed by atoms with Crippen molar-refractivity contribution >= 4 is 23.0 Å². The van der Waals surface area contributed by atoms with Gasteiger partial charge in [-0.3, -0.25) is 9.59 Å². The van der Waals surface area contributed by atoms with Crippen LogP contribution in [-0.4, -0.2) is 35.5 Å². The van der Waals surface area contributed by atoms with E-state index in [4.69, 9.17) is 0 Å². The van der Waals surface area contributed by atoms with E-state index in [1.807, 2.05) is 30.3 Å². The van der Waals surface area contributed by atoms with E-state index in [1.54, 1.807) is 6.92 Å². The van der Waals surface area contributed by atoms with Gasteiger partial charge in [-0.15, -0.1) is 11.3 Å². The van der Waals surface area contributed by atoms with E-state index in [-0.39, 0.29) is 30.2 Å². The summed E-state index contributed by atoms with van der Waals surface area (Å²) in [7, 11) is 0. The summed E-state index contributed by atoms with van der Waals surface area (Å²) in [5.41, 5.74) is 2.18. The van der Waals surface area contributed by atoms with Crippen molar-refractivity contribution in [3.05, 3.63) is 82.2 Å². The van der Waals surface area contributed by atoms with E-state index in [1.165, 1.54) is 30.4 Å². The van der Waals surface area contributed by atoms with Gasteiger partial charge in [-0.2, -0.15) is 0 Å². The van der Waals surface area contributed by atoms with Crippen molar-refractivity contribution in [2.24, 2.45) is 0 Å². The molecule has 0 bridgehead atoms. The minimum Gasteiger partial charge on any atom is -0.390 e. The van der Waals surface area contributed by atoms with Gasteiger partial charge >= 0.3 is 0 Å². The first-order valence-corrected chi connectivity index (χ1v) is 12.3. The molecule has 0 spiro atoms. The van der Waals surface area contributed by atoms with Crippen molar-refractivity contribution in [3.63, 3.8) is 0 Å². The van der Waals surface area contributed by atoms with E-state index >= 15 is 0 Å². The zero-order valence-corrected chi connectivity index (χ0v) is 20.4. The van der Waals surface area contributed by atoms with E-state index in [0.717, 1.165) is 39.8 Å². The molecule has 184 valence electrons. The molecule has 5 nitrogen and oxygen atoms in total. The predicted molar refractivity (Wildman–Crippen MR) is 132 cm³/mol. The molecule has 1 aliphatic rings. The van der Waals surface area contributed by atoms with Gasteiger partial charge < -0.3 is 15.7 Å². The predicted octanol–water partition coefficient (Wildman–Crippen LogP) is 4.58. The zero-order chi connectivity index (χ0) is 25.2. The number of aliphatic hydroxyl groups is 1. The summed E-state index contributed by atoms with van der Waals surface area (Å²) < 4.78 is 27.2. The second-order valence-electron chi connectivity index (χ2n) is 9.12. The van der Waals surface area contributed by atoms with Crippen LogP contribution in [0, 0.1) is 11.6 Å². The third-order valence-corrected chi connectivity index (χ3v) is 7.52. The van der Waals surface area contributed by atoms with Gasteiger partial charge in [0, 0.05) is 30.0 Å². The Balaban J connectivity index is 1.46. The molecular formula is C27H28F2N2O3S. The first kappa shape index (κ1) is 25.2. The van der Waals surface area contributed by atoms with Gasteiger partial charge in [0.2, 0.25) is 5.91 Å². The highest BCUT2D eigenvalue weighted by Gasteiger charge is 2.44. The van der Waals surface area contributed by atoms with Crippen LogP contribution in [0.2, 0.25) is 0 Å². The maximum Gasteiger partial charge on any atom is 0.217 e. The molecule has 0 radical (unpaired) electrons. The van der Waals surface area contributed by atoms with Gasteiger partial charge in [-0.05, 0) is 73.2 Å². The van der Waals surface area contributed by atoms with Crippen LogP contribution in [0.15, 0.2) is 54.6 Å². The number of halogens is 2. The summed E-state index contributed by atoms with van der Waals surface area (Å²) in [5.74, 6) is -1.69. The smallest absolute Gasteiger partial charge is 0.217 e. The number of carbonyl (C=O) groups excluding carboxylic acids is 2. The molecule has 2 aromatic carbocycles. The lowest BCUT2D eigenvalue weighted by Crippen LogP contribution is -2.49. The van der Waals surface area contributed by atoms with Crippen molar-refractivity contribution in [2.45, 2.75) is 50.8 Å². The molecule has 2 unspecified atom stereocenters. The average Bonchev–Trinajstić information content (AvgIpc) is 3.42. The van der Waals surface area contributed by atoms with Crippen LogP contribution in [0.4, 0.5) is 8.78 Å². The van der Waals surface area contributed by atoms with Crippen LogP contribution >= 0.6 is 11.3 Å². The number of hydrogen-bond donors (Lipinski definition) is 3. The summed E-state index contributed by atoms with van der Waals surface area (Å²) in [5, 5.41) is 17.0. The summed E-state index contributed by atoms with van der Waals surface area (Å²) in [6.07, 6.45) is 0.913. The SMILES string of the molecule is CC(=O)NC(Cc1cc(F)cc(F)c1)C(O)CNC1(c2cccc(-c3ccc(C(C)=O)s3)c2)CC1. The quantitative estimate of drug-likeness (QED) is 0.358. The van der Waals surface area contributed by atoms with Gasteiger partial charge in [-0.1, -0.05) is 18.2 Å². The van der Waals surface area contributed by atoms with Crippen LogP contribution in [0.1, 0.15) is 47.5 Å². The largest absolute Gasteiger partial charge is 0.390 e. The minimum atomic E-state index is -0.971. The number of aliphatic hydroxyl groups excluding tert-OH is 1. The number of benzene rings is 2. The maximum absolute atomic E-state index is 13.6. The number of carbonyl (C=O) groups is 2. The molecule has 0 aliphatic heterocycles. The Morgan fingerprint density at radius 2 is 1.77 bits per heavy atom. The van der Waals surface area contributed by atoms with Crippen molar-refractivity contribution in [3.8, 4) is 10.4 Å². The second kappa shape index (κ2) is 10.4. The third kappa shape index (κ3) is 6.20. The van der Waals surface area contributed by atoms with Gasteiger partial charge in [0.1, 0.15) is 11.6 Å². The molecule has 1 amide bonds. The number of nitrogens with one attached hydrogen (secondary N) is 2. The van der Waals surface area contributed by atoms with Crippen LogP contribution in [0.5, 0.6) is 0 Å². The van der Waals surface area contributed by atoms with E-state index < -0.39 is 23.8 Å². The molecule has 3 N–H and O–H groups in total. The molecule has 1 aliphatic carbocycles. The fourth-order valence-electron chi connectivity index (χ4n) is 4.31. The Kier molecular flexibility index (Phi) is 7.44. The lowest BCUT2D eigenvalue weighted by atomic mass is 9.98. The van der Waals surface area contributed by atoms with Gasteiger partial charge in [-0.25, -0.2) is 8.78 Å². The van der Waals surface area contributed by atoms with Crippen molar-refractivity contribution in [1.82, 2.24) is 10.6 Å². The van der Waals surface area contributed by atoms with Crippen molar-refractivity contribution in [2.75, 3.05) is 6.54 Å². The standard InChI is InChI=1S/C27H28F2N2O3S/c1-16(32)25-6-7-26(35-25)19-4-3-5-20(13-19)27(8-9-27)30-15-24(34)23(31-17(2)33)12-18-10-21(28)14-22(29)11-18/h3-7,10-11,13-14,23-24,30,34H,8-9,12,15H2,1-2H3,(H,31,33). The number of hydrogen-bond acceptors (Lipinski definition) is 5. The van der Waals surface area contributed by atoms with Gasteiger partial charge in [0.05, 0.1) is 17.0 Å². The Morgan fingerprint density at radius 3 is 2.37 bits per heavy atom. The average molecular weight is 499 g/mol. The van der Waals surface area contributed by atoms with E-state index in [2.05, 4.69) is 16.7 Å². The second-order valence-corrected chi connectivity index (χ2v) is 10.2. The Labute approximate surface area is 207 Å². The summed E-state index contributed by atoms with van der Waals surface area (Å²) in [6, 6.07) is 14.4. The number of amides is 1. The molecule has 1 fully saturated rings. The molecule has 3 aromatic rings. The van der Waals surface area contributed by atoms with Crippen LogP contribution in [0.25, 0.3) is 10.4 Å². The first-order chi connectivity index (χ1) is 16.6. The topological polar surface area (TPSA) is 78.4 Å². The van der Waals surface area contributed by atoms with Crippen molar-refractivity contribution in [1.29, 1.82) is 0 Å². The molecule has 0 saturated heterocycles. The normalized spacial score (nSPS) is 15.9. The molecule has 1 aromatic heterocycles. The molecule has 2 atom stereocenters. The highest BCUT2D eigenvalue weighted by Crippen LogP contribution is 2.46. The number of thiophene rings is 1. The molecule has 8 heteroatoms. The van der Waals surface area contributed by atoms with Gasteiger partial charge in [0.25, 0.3) is 0 Å². The Bertz CT molecular complexity index is 1220. The lowest BCUT2D eigenvalue weighted by molar-refractivity contribution is -0.120. The summed E-state index contributed by atoms with van der Waals surface area (Å²) in [4.78, 5) is 25.1. The fourth-order valence-corrected chi connectivity index (χ4v) is 5.21. The van der Waals surface area contributed by atoms with E-state index in [0.29, 0.717) is 5.56 Å². The van der Waals surface area contributed by atoms with Gasteiger partial charge in [0.15, 0.2) is 5.78 Å². The Hall–Kier alpha value is -2.94.